The molecule has 94 valence electrons. The Labute approximate surface area is 94.2 Å². The van der Waals surface area contributed by atoms with Crippen LogP contribution in [0.2, 0.25) is 0 Å². The van der Waals surface area contributed by atoms with E-state index in [0.717, 1.165) is 25.3 Å². The van der Waals surface area contributed by atoms with Crippen molar-refractivity contribution in [3.8, 4) is 0 Å². The lowest BCUT2D eigenvalue weighted by molar-refractivity contribution is -0.147. The predicted octanol–water partition coefficient (Wildman–Crippen LogP) is 2.01. The van der Waals surface area contributed by atoms with Crippen molar-refractivity contribution in [2.75, 3.05) is 26.2 Å². The Bertz CT molecular complexity index is 222. The Morgan fingerprint density at radius 1 is 1.12 bits per heavy atom. The van der Waals surface area contributed by atoms with Crippen LogP contribution < -0.4 is 5.32 Å². The van der Waals surface area contributed by atoms with E-state index < -0.39 is 12.7 Å². The molecule has 0 aromatic heterocycles. The summed E-state index contributed by atoms with van der Waals surface area (Å²) in [6.07, 6.45) is 0.361. The van der Waals surface area contributed by atoms with E-state index in [1.54, 1.807) is 4.90 Å². The minimum atomic E-state index is -4.06. The van der Waals surface area contributed by atoms with E-state index >= 15 is 0 Å². The van der Waals surface area contributed by atoms with Gasteiger partial charge in [-0.05, 0) is 38.1 Å². The molecule has 2 saturated carbocycles. The molecule has 2 aliphatic carbocycles. The second-order valence-corrected chi connectivity index (χ2v) is 4.96. The molecule has 0 aromatic rings. The molecule has 0 amide bonds. The molecule has 0 saturated heterocycles. The smallest absolute Gasteiger partial charge is 0.315 e. The number of nitrogens with one attached hydrogen (secondary N) is 1. The summed E-state index contributed by atoms with van der Waals surface area (Å²) in [5, 5.41) is 3.24. The molecule has 2 aliphatic rings. The van der Waals surface area contributed by atoms with Gasteiger partial charge in [0.1, 0.15) is 0 Å². The number of alkyl halides is 3. The van der Waals surface area contributed by atoms with Gasteiger partial charge in [-0.1, -0.05) is 0 Å². The monoisotopic (exact) mass is 236 g/mol. The fraction of sp³-hybridized carbons (Fsp3) is 1.00. The molecule has 2 rings (SSSR count). The van der Waals surface area contributed by atoms with Gasteiger partial charge in [-0.25, -0.2) is 0 Å². The number of hydrogen-bond donors (Lipinski definition) is 1. The van der Waals surface area contributed by atoms with Crippen LogP contribution in [0.5, 0.6) is 0 Å². The van der Waals surface area contributed by atoms with Crippen molar-refractivity contribution in [1.82, 2.24) is 10.2 Å². The van der Waals surface area contributed by atoms with Crippen LogP contribution in [-0.4, -0.2) is 43.3 Å². The Balaban J connectivity index is 1.61. The van der Waals surface area contributed by atoms with Crippen molar-refractivity contribution < 1.29 is 13.2 Å². The normalized spacial score (nSPS) is 21.8. The van der Waals surface area contributed by atoms with Gasteiger partial charge in [0.25, 0.3) is 0 Å². The van der Waals surface area contributed by atoms with E-state index in [9.17, 15) is 13.2 Å². The zero-order valence-corrected chi connectivity index (χ0v) is 9.39. The summed E-state index contributed by atoms with van der Waals surface area (Å²) >= 11 is 0. The summed E-state index contributed by atoms with van der Waals surface area (Å²) in [5.41, 5.74) is 0. The maximum atomic E-state index is 12.3. The van der Waals surface area contributed by atoms with E-state index in [1.807, 2.05) is 0 Å². The largest absolute Gasteiger partial charge is 0.401 e. The third-order valence-corrected chi connectivity index (χ3v) is 3.15. The standard InChI is InChI=1S/C11H19F3N2/c12-11(13,14)8-16(10-3-4-10)6-5-15-7-9-1-2-9/h9-10,15H,1-8H2. The third kappa shape index (κ3) is 4.70. The summed E-state index contributed by atoms with van der Waals surface area (Å²) in [5.74, 6) is 0.789. The Morgan fingerprint density at radius 3 is 2.31 bits per heavy atom. The number of hydrogen-bond acceptors (Lipinski definition) is 2. The quantitative estimate of drug-likeness (QED) is 0.680. The first-order valence-corrected chi connectivity index (χ1v) is 6.06. The summed E-state index contributed by atoms with van der Waals surface area (Å²) in [6.45, 7) is 1.44. The Morgan fingerprint density at radius 2 is 1.81 bits per heavy atom. The van der Waals surface area contributed by atoms with E-state index in [4.69, 9.17) is 0 Å². The zero-order valence-electron chi connectivity index (χ0n) is 9.39. The van der Waals surface area contributed by atoms with Gasteiger partial charge in [-0.2, -0.15) is 13.2 Å². The molecule has 2 fully saturated rings. The van der Waals surface area contributed by atoms with E-state index in [1.165, 1.54) is 12.8 Å². The Hall–Kier alpha value is -0.290. The highest BCUT2D eigenvalue weighted by molar-refractivity contribution is 4.86. The third-order valence-electron chi connectivity index (χ3n) is 3.15. The molecule has 0 aromatic carbocycles. The van der Waals surface area contributed by atoms with Crippen molar-refractivity contribution in [2.24, 2.45) is 5.92 Å². The van der Waals surface area contributed by atoms with Crippen LogP contribution >= 0.6 is 0 Å². The van der Waals surface area contributed by atoms with E-state index in [0.29, 0.717) is 13.1 Å². The van der Waals surface area contributed by atoms with Gasteiger partial charge in [0.2, 0.25) is 0 Å². The first kappa shape index (κ1) is 12.2. The lowest BCUT2D eigenvalue weighted by Crippen LogP contribution is -2.40. The van der Waals surface area contributed by atoms with E-state index in [-0.39, 0.29) is 6.04 Å². The first-order valence-electron chi connectivity index (χ1n) is 6.06. The fourth-order valence-electron chi connectivity index (χ4n) is 1.91. The molecular weight excluding hydrogens is 217 g/mol. The molecule has 1 N–H and O–H groups in total. The van der Waals surface area contributed by atoms with Gasteiger partial charge in [0, 0.05) is 19.1 Å². The van der Waals surface area contributed by atoms with E-state index in [2.05, 4.69) is 5.32 Å². The van der Waals surface area contributed by atoms with Gasteiger partial charge in [-0.15, -0.1) is 0 Å². The molecule has 0 heterocycles. The van der Waals surface area contributed by atoms with Gasteiger partial charge in [-0.3, -0.25) is 4.90 Å². The maximum Gasteiger partial charge on any atom is 0.401 e. The summed E-state index contributed by atoms with van der Waals surface area (Å²) in [4.78, 5) is 1.57. The first-order chi connectivity index (χ1) is 7.54. The molecule has 16 heavy (non-hydrogen) atoms. The Kier molecular flexibility index (Phi) is 3.74. The molecule has 2 nitrogen and oxygen atoms in total. The lowest BCUT2D eigenvalue weighted by Gasteiger charge is -2.23. The van der Waals surface area contributed by atoms with Crippen LogP contribution in [0.4, 0.5) is 13.2 Å². The summed E-state index contributed by atoms with van der Waals surface area (Å²) in [7, 11) is 0. The highest BCUT2D eigenvalue weighted by Gasteiger charge is 2.37. The highest BCUT2D eigenvalue weighted by atomic mass is 19.4. The molecule has 0 radical (unpaired) electrons. The van der Waals surface area contributed by atoms with Gasteiger partial charge in [0.15, 0.2) is 0 Å². The minimum Gasteiger partial charge on any atom is -0.315 e. The fourth-order valence-corrected chi connectivity index (χ4v) is 1.91. The molecular formula is C11H19F3N2. The topological polar surface area (TPSA) is 15.3 Å². The van der Waals surface area contributed by atoms with Crippen molar-refractivity contribution in [2.45, 2.75) is 37.9 Å². The molecule has 0 atom stereocenters. The van der Waals surface area contributed by atoms with Gasteiger partial charge in [0.05, 0.1) is 6.54 Å². The van der Waals surface area contributed by atoms with Crippen molar-refractivity contribution >= 4 is 0 Å². The van der Waals surface area contributed by atoms with Gasteiger partial charge >= 0.3 is 6.18 Å². The van der Waals surface area contributed by atoms with Crippen LogP contribution in [0, 0.1) is 5.92 Å². The second kappa shape index (κ2) is 4.92. The minimum absolute atomic E-state index is 0.185. The highest BCUT2D eigenvalue weighted by Crippen LogP contribution is 2.30. The van der Waals surface area contributed by atoms with Crippen LogP contribution in [0.15, 0.2) is 0 Å². The molecule has 0 spiro atoms. The summed E-state index contributed by atoms with van der Waals surface area (Å²) in [6, 6.07) is 0.185. The van der Waals surface area contributed by atoms with Crippen LogP contribution in [0.3, 0.4) is 0 Å². The summed E-state index contributed by atoms with van der Waals surface area (Å²) < 4.78 is 36.8. The van der Waals surface area contributed by atoms with Crippen LogP contribution in [0.1, 0.15) is 25.7 Å². The van der Waals surface area contributed by atoms with Gasteiger partial charge < -0.3 is 5.32 Å². The van der Waals surface area contributed by atoms with Crippen molar-refractivity contribution in [3.63, 3.8) is 0 Å². The second-order valence-electron chi connectivity index (χ2n) is 4.96. The zero-order chi connectivity index (χ0) is 11.6. The van der Waals surface area contributed by atoms with Crippen molar-refractivity contribution in [1.29, 1.82) is 0 Å². The van der Waals surface area contributed by atoms with Crippen LogP contribution in [-0.2, 0) is 0 Å². The maximum absolute atomic E-state index is 12.3. The molecule has 0 bridgehead atoms. The van der Waals surface area contributed by atoms with Crippen LogP contribution in [0.25, 0.3) is 0 Å². The lowest BCUT2D eigenvalue weighted by atomic mass is 10.4. The molecule has 5 heteroatoms. The predicted molar refractivity (Wildman–Crippen MR) is 56.2 cm³/mol. The average Bonchev–Trinajstić information content (AvgIpc) is 2.99. The number of nitrogens with zero attached hydrogens (tertiary/aromatic N) is 1. The van der Waals surface area contributed by atoms with Crippen molar-refractivity contribution in [3.05, 3.63) is 0 Å². The number of rotatable bonds is 7. The average molecular weight is 236 g/mol. The SMILES string of the molecule is FC(F)(F)CN(CCNCC1CC1)C1CC1. The molecule has 0 unspecified atom stereocenters. The number of halogens is 3. The molecule has 0 aliphatic heterocycles.